The highest BCUT2D eigenvalue weighted by atomic mass is 32.1. The van der Waals surface area contributed by atoms with Gasteiger partial charge in [0, 0.05) is 36.2 Å². The number of amides is 2. The van der Waals surface area contributed by atoms with Crippen LogP contribution in [0.2, 0.25) is 0 Å². The van der Waals surface area contributed by atoms with Crippen molar-refractivity contribution in [3.8, 4) is 11.3 Å². The van der Waals surface area contributed by atoms with Crippen LogP contribution in [0.15, 0.2) is 66.9 Å². The van der Waals surface area contributed by atoms with E-state index in [0.29, 0.717) is 26.7 Å². The fourth-order valence-electron chi connectivity index (χ4n) is 4.53. The van der Waals surface area contributed by atoms with Crippen LogP contribution in [0.25, 0.3) is 22.2 Å². The number of hydrogen-bond donors (Lipinski definition) is 1. The molecular weight excluding hydrogens is 482 g/mol. The molecule has 2 aromatic carbocycles. The maximum absolute atomic E-state index is 14.5. The third kappa shape index (κ3) is 4.83. The monoisotopic (exact) mass is 506 g/mol. The van der Waals surface area contributed by atoms with Crippen LogP contribution in [0.4, 0.5) is 8.78 Å². The number of carbonyl (C=O) groups is 2. The Kier molecular flexibility index (Phi) is 6.49. The molecule has 5 rings (SSSR count). The zero-order valence-electron chi connectivity index (χ0n) is 19.6. The van der Waals surface area contributed by atoms with Gasteiger partial charge in [-0.2, -0.15) is 0 Å². The Morgan fingerprint density at radius 3 is 2.69 bits per heavy atom. The summed E-state index contributed by atoms with van der Waals surface area (Å²) in [6.45, 7) is 1.14. The summed E-state index contributed by atoms with van der Waals surface area (Å²) in [4.78, 5) is 37.0. The Morgan fingerprint density at radius 2 is 1.89 bits per heavy atom. The second kappa shape index (κ2) is 9.73. The second-order valence-electron chi connectivity index (χ2n) is 8.85. The molecule has 1 saturated heterocycles. The van der Waals surface area contributed by atoms with Gasteiger partial charge in [-0.15, -0.1) is 11.3 Å². The number of nitrogens with zero attached hydrogens (tertiary/aromatic N) is 3. The van der Waals surface area contributed by atoms with Crippen molar-refractivity contribution in [2.45, 2.75) is 31.7 Å². The third-order valence-corrected chi connectivity index (χ3v) is 7.26. The molecule has 0 aliphatic carbocycles. The highest BCUT2D eigenvalue weighted by molar-refractivity contribution is 7.14. The van der Waals surface area contributed by atoms with Gasteiger partial charge in [-0.05, 0) is 25.5 Å². The van der Waals surface area contributed by atoms with E-state index in [2.05, 4.69) is 15.3 Å². The molecule has 1 aliphatic rings. The molecular formula is C27H24F2N4O2S. The summed E-state index contributed by atoms with van der Waals surface area (Å²) in [6.07, 6.45) is 1.34. The van der Waals surface area contributed by atoms with E-state index >= 15 is 0 Å². The van der Waals surface area contributed by atoms with Gasteiger partial charge in [0.2, 0.25) is 0 Å². The summed E-state index contributed by atoms with van der Waals surface area (Å²) in [5.41, 5.74) is 2.20. The van der Waals surface area contributed by atoms with E-state index in [9.17, 15) is 18.4 Å². The van der Waals surface area contributed by atoms with E-state index in [4.69, 9.17) is 0 Å². The van der Waals surface area contributed by atoms with Crippen LogP contribution in [0.5, 0.6) is 0 Å². The second-order valence-corrected chi connectivity index (χ2v) is 10.1. The number of likely N-dealkylation sites (tertiary alicyclic amines) is 1. The SMILES string of the molecule is Cc1nc(-c2ccccc2)c(C(=O)N2CC(F)(F)CCC2CNC(=O)c2cccc3cccnc23)s1. The van der Waals surface area contributed by atoms with Gasteiger partial charge in [0.1, 0.15) is 4.88 Å². The number of benzene rings is 2. The Morgan fingerprint density at radius 1 is 1.11 bits per heavy atom. The molecule has 9 heteroatoms. The number of para-hydroxylation sites is 1. The lowest BCUT2D eigenvalue weighted by Gasteiger charge is -2.39. The van der Waals surface area contributed by atoms with Crippen LogP contribution in [-0.2, 0) is 0 Å². The number of thiazole rings is 1. The van der Waals surface area contributed by atoms with Gasteiger partial charge in [0.05, 0.1) is 28.3 Å². The van der Waals surface area contributed by atoms with Crippen molar-refractivity contribution in [2.75, 3.05) is 13.1 Å². The highest BCUT2D eigenvalue weighted by Gasteiger charge is 2.43. The van der Waals surface area contributed by atoms with Crippen LogP contribution >= 0.6 is 11.3 Å². The van der Waals surface area contributed by atoms with Gasteiger partial charge in [0.25, 0.3) is 17.7 Å². The molecule has 0 saturated carbocycles. The number of aryl methyl sites for hydroxylation is 1. The molecule has 2 aromatic heterocycles. The number of pyridine rings is 1. The average Bonchev–Trinajstić information content (AvgIpc) is 3.28. The van der Waals surface area contributed by atoms with E-state index in [-0.39, 0.29) is 25.3 Å². The predicted molar refractivity (Wildman–Crippen MR) is 135 cm³/mol. The van der Waals surface area contributed by atoms with Gasteiger partial charge >= 0.3 is 0 Å². The molecule has 0 bridgehead atoms. The van der Waals surface area contributed by atoms with Crippen molar-refractivity contribution in [3.63, 3.8) is 0 Å². The number of halogens is 2. The normalized spacial score (nSPS) is 17.2. The standard InChI is InChI=1S/C27H24F2N4O2S/c1-17-32-23(19-7-3-2-4-8-19)24(36-17)26(35)33-16-27(28,29)13-12-20(33)15-31-25(34)21-11-5-9-18-10-6-14-30-22(18)21/h2-11,14,20H,12-13,15-16H2,1H3,(H,31,34). The Labute approximate surface area is 211 Å². The van der Waals surface area contributed by atoms with Crippen molar-refractivity contribution in [1.29, 1.82) is 0 Å². The molecule has 1 fully saturated rings. The fraction of sp³-hybridized carbons (Fsp3) is 0.259. The molecule has 3 heterocycles. The molecule has 1 unspecified atom stereocenters. The minimum atomic E-state index is -3.00. The summed E-state index contributed by atoms with van der Waals surface area (Å²) in [6, 6.07) is 17.6. The zero-order chi connectivity index (χ0) is 25.3. The average molecular weight is 507 g/mol. The van der Waals surface area contributed by atoms with Gasteiger partial charge in [0.15, 0.2) is 0 Å². The third-order valence-electron chi connectivity index (χ3n) is 6.30. The minimum absolute atomic E-state index is 0.0579. The quantitative estimate of drug-likeness (QED) is 0.397. The van der Waals surface area contributed by atoms with Gasteiger partial charge in [-0.1, -0.05) is 48.5 Å². The Bertz CT molecular complexity index is 1420. The van der Waals surface area contributed by atoms with Gasteiger partial charge in [-0.3, -0.25) is 14.6 Å². The number of carbonyl (C=O) groups excluding carboxylic acids is 2. The summed E-state index contributed by atoms with van der Waals surface area (Å²) in [5.74, 6) is -3.85. The molecule has 184 valence electrons. The number of aromatic nitrogens is 2. The Hall–Kier alpha value is -3.72. The van der Waals surface area contributed by atoms with Gasteiger partial charge in [-0.25, -0.2) is 13.8 Å². The van der Waals surface area contributed by atoms with Crippen LogP contribution in [0.3, 0.4) is 0 Å². The van der Waals surface area contributed by atoms with E-state index in [1.807, 2.05) is 42.5 Å². The molecule has 1 aliphatic heterocycles. The Balaban J connectivity index is 1.39. The van der Waals surface area contributed by atoms with Crippen LogP contribution in [0, 0.1) is 6.92 Å². The zero-order valence-corrected chi connectivity index (χ0v) is 20.4. The van der Waals surface area contributed by atoms with Crippen molar-refractivity contribution >= 4 is 34.1 Å². The summed E-state index contributed by atoms with van der Waals surface area (Å²) >= 11 is 1.19. The lowest BCUT2D eigenvalue weighted by atomic mass is 9.98. The summed E-state index contributed by atoms with van der Waals surface area (Å²) < 4.78 is 28.9. The van der Waals surface area contributed by atoms with Crippen LogP contribution in [-0.4, -0.2) is 51.7 Å². The maximum atomic E-state index is 14.5. The number of rotatable bonds is 5. The molecule has 4 aromatic rings. The van der Waals surface area contributed by atoms with Crippen molar-refractivity contribution in [1.82, 2.24) is 20.2 Å². The summed E-state index contributed by atoms with van der Waals surface area (Å²) in [5, 5.41) is 4.35. The number of alkyl halides is 2. The number of nitrogens with one attached hydrogen (secondary N) is 1. The summed E-state index contributed by atoms with van der Waals surface area (Å²) in [7, 11) is 0. The first kappa shape index (κ1) is 24.0. The topological polar surface area (TPSA) is 75.2 Å². The largest absolute Gasteiger partial charge is 0.350 e. The fourth-order valence-corrected chi connectivity index (χ4v) is 5.43. The molecule has 0 spiro atoms. The highest BCUT2D eigenvalue weighted by Crippen LogP contribution is 2.35. The van der Waals surface area contributed by atoms with Crippen molar-refractivity contribution in [2.24, 2.45) is 0 Å². The van der Waals surface area contributed by atoms with Gasteiger partial charge < -0.3 is 10.2 Å². The molecule has 6 nitrogen and oxygen atoms in total. The number of hydrogen-bond acceptors (Lipinski definition) is 5. The minimum Gasteiger partial charge on any atom is -0.350 e. The lowest BCUT2D eigenvalue weighted by Crippen LogP contribution is -2.55. The molecule has 1 atom stereocenters. The van der Waals surface area contributed by atoms with E-state index in [1.54, 1.807) is 31.3 Å². The molecule has 2 amide bonds. The molecule has 0 radical (unpaired) electrons. The lowest BCUT2D eigenvalue weighted by molar-refractivity contribution is -0.0712. The number of piperidine rings is 1. The first-order valence-electron chi connectivity index (χ1n) is 11.7. The maximum Gasteiger partial charge on any atom is 0.266 e. The smallest absolute Gasteiger partial charge is 0.266 e. The first-order chi connectivity index (χ1) is 17.3. The van der Waals surface area contributed by atoms with E-state index in [1.165, 1.54) is 16.2 Å². The predicted octanol–water partition coefficient (Wildman–Crippen LogP) is 5.34. The number of fused-ring (bicyclic) bond motifs is 1. The first-order valence-corrected chi connectivity index (χ1v) is 12.5. The van der Waals surface area contributed by atoms with Crippen LogP contribution < -0.4 is 5.32 Å². The van der Waals surface area contributed by atoms with Crippen LogP contribution in [0.1, 0.15) is 37.9 Å². The van der Waals surface area contributed by atoms with Crippen molar-refractivity contribution < 1.29 is 18.4 Å². The van der Waals surface area contributed by atoms with E-state index < -0.39 is 24.4 Å². The molecule has 1 N–H and O–H groups in total. The van der Waals surface area contributed by atoms with E-state index in [0.717, 1.165) is 10.9 Å². The van der Waals surface area contributed by atoms with Crippen molar-refractivity contribution in [3.05, 3.63) is 82.3 Å². The molecule has 36 heavy (non-hydrogen) atoms.